The lowest BCUT2D eigenvalue weighted by Crippen LogP contribution is -2.53. The Kier molecular flexibility index (Phi) is 7.47. The van der Waals surface area contributed by atoms with Gasteiger partial charge >= 0.3 is 0 Å². The van der Waals surface area contributed by atoms with Crippen LogP contribution in [-0.4, -0.2) is 41.5 Å². The van der Waals surface area contributed by atoms with Crippen molar-refractivity contribution in [1.82, 2.24) is 10.2 Å². The van der Waals surface area contributed by atoms with Gasteiger partial charge in [0.25, 0.3) is 11.8 Å². The van der Waals surface area contributed by atoms with E-state index in [1.54, 1.807) is 18.2 Å². The van der Waals surface area contributed by atoms with E-state index < -0.39 is 17.8 Å². The van der Waals surface area contributed by atoms with Gasteiger partial charge in [-0.05, 0) is 53.2 Å². The average Bonchev–Trinajstić information content (AvgIpc) is 2.78. The topological polar surface area (TPSA) is 108 Å². The molecule has 8 nitrogen and oxygen atoms in total. The van der Waals surface area contributed by atoms with Crippen molar-refractivity contribution < 1.29 is 29.0 Å². The van der Waals surface area contributed by atoms with Crippen LogP contribution in [0.2, 0.25) is 5.02 Å². The molecule has 0 saturated carbocycles. The number of methoxy groups -OCH3 is 1. The summed E-state index contributed by atoms with van der Waals surface area (Å²) in [6.45, 7) is 3.75. The molecule has 1 aliphatic rings. The third-order valence-electron chi connectivity index (χ3n) is 4.61. The van der Waals surface area contributed by atoms with Gasteiger partial charge in [0.15, 0.2) is 16.6 Å². The van der Waals surface area contributed by atoms with Crippen molar-refractivity contribution in [2.75, 3.05) is 13.7 Å². The van der Waals surface area contributed by atoms with Crippen molar-refractivity contribution in [1.29, 1.82) is 0 Å². The maximum absolute atomic E-state index is 12.7. The van der Waals surface area contributed by atoms with Crippen LogP contribution < -0.4 is 19.9 Å². The minimum atomic E-state index is -1.29. The first-order valence-corrected chi connectivity index (χ1v) is 10.3. The second kappa shape index (κ2) is 10.3. The van der Waals surface area contributed by atoms with E-state index >= 15 is 0 Å². The molecule has 1 saturated heterocycles. The van der Waals surface area contributed by atoms with E-state index in [4.69, 9.17) is 33.3 Å². The number of carbonyl (C=O) groups excluding carboxylic acids is 3. The lowest BCUT2D eigenvalue weighted by molar-refractivity contribution is -0.255. The van der Waals surface area contributed by atoms with Gasteiger partial charge in [0.1, 0.15) is 12.2 Å². The fraction of sp³-hybridized carbons (Fsp3) is 0.130. The third-order valence-corrected chi connectivity index (χ3v) is 5.21. The molecule has 33 heavy (non-hydrogen) atoms. The molecule has 1 fully saturated rings. The largest absolute Gasteiger partial charge is 0.545 e. The molecule has 0 radical (unpaired) electrons. The zero-order valence-electron chi connectivity index (χ0n) is 17.4. The van der Waals surface area contributed by atoms with E-state index in [9.17, 15) is 19.5 Å². The number of halogens is 1. The molecule has 0 spiro atoms. The fourth-order valence-electron chi connectivity index (χ4n) is 3.06. The molecule has 0 atom stereocenters. The summed E-state index contributed by atoms with van der Waals surface area (Å²) < 4.78 is 11.1. The molecule has 3 rings (SSSR count). The highest BCUT2D eigenvalue weighted by molar-refractivity contribution is 7.80. The fourth-order valence-corrected chi connectivity index (χ4v) is 3.59. The molecule has 2 aromatic rings. The summed E-state index contributed by atoms with van der Waals surface area (Å²) >= 11 is 11.4. The van der Waals surface area contributed by atoms with Gasteiger partial charge in [-0.25, -0.2) is 0 Å². The molecule has 10 heteroatoms. The van der Waals surface area contributed by atoms with E-state index in [-0.39, 0.29) is 45.9 Å². The predicted molar refractivity (Wildman–Crippen MR) is 124 cm³/mol. The number of carbonyl (C=O) groups is 3. The van der Waals surface area contributed by atoms with Crippen LogP contribution in [0.4, 0.5) is 0 Å². The lowest BCUT2D eigenvalue weighted by Gasteiger charge is -2.27. The SMILES string of the molecule is C=CCN1C(=O)/C(=C/c2cc(Cl)c(OCc3cccc(C(=O)[O-])c3)c(OC)c2)C(=O)NC1=S. The molecule has 0 aliphatic carbocycles. The number of rotatable bonds is 8. The Morgan fingerprint density at radius 1 is 1.30 bits per heavy atom. The molecule has 0 aromatic heterocycles. The van der Waals surface area contributed by atoms with Gasteiger partial charge in [-0.1, -0.05) is 35.9 Å². The highest BCUT2D eigenvalue weighted by Crippen LogP contribution is 2.37. The van der Waals surface area contributed by atoms with Crippen LogP contribution in [0.3, 0.4) is 0 Å². The summed E-state index contributed by atoms with van der Waals surface area (Å²) in [6, 6.07) is 9.18. The minimum Gasteiger partial charge on any atom is -0.545 e. The normalized spacial score (nSPS) is 14.8. The van der Waals surface area contributed by atoms with E-state index in [0.717, 1.165) is 0 Å². The summed E-state index contributed by atoms with van der Waals surface area (Å²) in [5, 5.41) is 13.7. The summed E-state index contributed by atoms with van der Waals surface area (Å²) in [5.41, 5.74) is 0.907. The summed E-state index contributed by atoms with van der Waals surface area (Å²) in [7, 11) is 1.41. The van der Waals surface area contributed by atoms with Crippen molar-refractivity contribution in [3.05, 3.63) is 76.3 Å². The van der Waals surface area contributed by atoms with Gasteiger partial charge in [-0.3, -0.25) is 19.8 Å². The smallest absolute Gasteiger partial charge is 0.265 e. The van der Waals surface area contributed by atoms with Crippen molar-refractivity contribution in [3.8, 4) is 11.5 Å². The summed E-state index contributed by atoms with van der Waals surface area (Å²) in [4.78, 5) is 37.3. The second-order valence-electron chi connectivity index (χ2n) is 6.83. The maximum Gasteiger partial charge on any atom is 0.265 e. The Morgan fingerprint density at radius 3 is 2.73 bits per heavy atom. The first-order valence-electron chi connectivity index (χ1n) is 9.55. The number of carboxylic acid groups (broad SMARTS) is 1. The lowest BCUT2D eigenvalue weighted by atomic mass is 10.1. The van der Waals surface area contributed by atoms with Gasteiger partial charge in [0.05, 0.1) is 18.1 Å². The standard InChI is InChI=1S/C23H19ClN2O6S/c1-3-7-26-21(28)16(20(27)25-23(26)33)9-14-10-17(24)19(18(11-14)31-2)32-12-13-5-4-6-15(8-13)22(29)30/h3-6,8-11H,1,7,12H2,2H3,(H,29,30)(H,25,27,33)/p-1/b16-9+. The Hall–Kier alpha value is -3.69. The molecule has 0 bridgehead atoms. The Balaban J connectivity index is 1.88. The van der Waals surface area contributed by atoms with Gasteiger partial charge < -0.3 is 19.4 Å². The maximum atomic E-state index is 12.7. The van der Waals surface area contributed by atoms with Gasteiger partial charge in [-0.15, -0.1) is 6.58 Å². The van der Waals surface area contributed by atoms with Gasteiger partial charge in [-0.2, -0.15) is 0 Å². The third kappa shape index (κ3) is 5.39. The zero-order chi connectivity index (χ0) is 24.1. The predicted octanol–water partition coefficient (Wildman–Crippen LogP) is 2.10. The number of benzene rings is 2. The Bertz CT molecular complexity index is 1190. The van der Waals surface area contributed by atoms with Gasteiger partial charge in [0, 0.05) is 6.54 Å². The number of aromatic carboxylic acids is 1. The van der Waals surface area contributed by atoms with E-state index in [0.29, 0.717) is 11.1 Å². The number of carboxylic acids is 1. The summed E-state index contributed by atoms with van der Waals surface area (Å²) in [5.74, 6) is -2.01. The van der Waals surface area contributed by atoms with Crippen LogP contribution in [0.5, 0.6) is 11.5 Å². The molecular formula is C23H18ClN2O6S-. The van der Waals surface area contributed by atoms with E-state index in [1.807, 2.05) is 0 Å². The Morgan fingerprint density at radius 2 is 2.06 bits per heavy atom. The molecule has 1 N–H and O–H groups in total. The number of thiocarbonyl (C=S) groups is 1. The van der Waals surface area contributed by atoms with Crippen LogP contribution in [0.25, 0.3) is 6.08 Å². The molecule has 1 aliphatic heterocycles. The molecule has 170 valence electrons. The number of hydrogen-bond acceptors (Lipinski definition) is 7. The number of nitrogens with one attached hydrogen (secondary N) is 1. The molecule has 2 aromatic carbocycles. The molecular weight excluding hydrogens is 468 g/mol. The van der Waals surface area contributed by atoms with Crippen LogP contribution in [0.1, 0.15) is 21.5 Å². The highest BCUT2D eigenvalue weighted by Gasteiger charge is 2.32. The number of ether oxygens (including phenoxy) is 2. The number of amides is 2. The highest BCUT2D eigenvalue weighted by atomic mass is 35.5. The average molecular weight is 486 g/mol. The van der Waals surface area contributed by atoms with Crippen molar-refractivity contribution in [2.45, 2.75) is 6.61 Å². The zero-order valence-corrected chi connectivity index (χ0v) is 19.0. The molecule has 2 amide bonds. The van der Waals surface area contributed by atoms with Crippen molar-refractivity contribution >= 4 is 52.8 Å². The summed E-state index contributed by atoms with van der Waals surface area (Å²) in [6.07, 6.45) is 2.87. The van der Waals surface area contributed by atoms with E-state index in [2.05, 4.69) is 11.9 Å². The van der Waals surface area contributed by atoms with Crippen LogP contribution >= 0.6 is 23.8 Å². The number of hydrogen-bond donors (Lipinski definition) is 1. The van der Waals surface area contributed by atoms with Gasteiger partial charge in [0.2, 0.25) is 0 Å². The second-order valence-corrected chi connectivity index (χ2v) is 7.63. The molecule has 0 unspecified atom stereocenters. The molecule has 1 heterocycles. The minimum absolute atomic E-state index is 0.00385. The Labute approximate surface area is 200 Å². The first-order chi connectivity index (χ1) is 15.7. The number of nitrogens with zero attached hydrogens (tertiary/aromatic N) is 1. The van der Waals surface area contributed by atoms with E-state index in [1.165, 1.54) is 42.4 Å². The van der Waals surface area contributed by atoms with Crippen LogP contribution in [-0.2, 0) is 16.2 Å². The quantitative estimate of drug-likeness (QED) is 0.264. The van der Waals surface area contributed by atoms with Crippen molar-refractivity contribution in [2.24, 2.45) is 0 Å². The van der Waals surface area contributed by atoms with Crippen molar-refractivity contribution in [3.63, 3.8) is 0 Å². The van der Waals surface area contributed by atoms with Crippen LogP contribution in [0.15, 0.2) is 54.6 Å². The first kappa shape index (κ1) is 24.0. The van der Waals surface area contributed by atoms with Crippen LogP contribution in [0, 0.1) is 0 Å². The monoisotopic (exact) mass is 485 g/mol.